The molecule has 0 aliphatic carbocycles. The molecule has 0 spiro atoms. The lowest BCUT2D eigenvalue weighted by Gasteiger charge is -2.14. The number of halogens is 3. The first kappa shape index (κ1) is 17.9. The highest BCUT2D eigenvalue weighted by molar-refractivity contribution is 6.30. The maximum atomic E-state index is 13.4. The molecule has 2 aromatic rings. The number of carbonyl (C=O) groups excluding carboxylic acids is 2. The fourth-order valence-electron chi connectivity index (χ4n) is 2.01. The second-order valence-corrected chi connectivity index (χ2v) is 5.45. The quantitative estimate of drug-likeness (QED) is 0.835. The van der Waals surface area contributed by atoms with Gasteiger partial charge in [0.2, 0.25) is 0 Å². The maximum Gasteiger partial charge on any atom is 0.344 e. The number of esters is 1. The number of benzene rings is 2. The second kappa shape index (κ2) is 7.88. The Morgan fingerprint density at radius 3 is 2.29 bits per heavy atom. The minimum Gasteiger partial charge on any atom is -0.452 e. The van der Waals surface area contributed by atoms with Crippen molar-refractivity contribution >= 4 is 23.5 Å². The molecule has 1 atom stereocenters. The summed E-state index contributed by atoms with van der Waals surface area (Å²) in [6.45, 7) is 1.09. The Hall–Kier alpha value is -2.47. The average molecular weight is 354 g/mol. The molecule has 1 amide bonds. The summed E-state index contributed by atoms with van der Waals surface area (Å²) in [5, 5.41) is 3.17. The van der Waals surface area contributed by atoms with Gasteiger partial charge in [-0.15, -0.1) is 0 Å². The van der Waals surface area contributed by atoms with Gasteiger partial charge in [0.25, 0.3) is 5.91 Å². The van der Waals surface area contributed by atoms with Gasteiger partial charge in [0.15, 0.2) is 6.61 Å². The van der Waals surface area contributed by atoms with Gasteiger partial charge < -0.3 is 10.1 Å². The molecule has 0 aliphatic rings. The molecule has 2 rings (SSSR count). The van der Waals surface area contributed by atoms with E-state index in [9.17, 15) is 18.4 Å². The van der Waals surface area contributed by atoms with Crippen LogP contribution in [-0.2, 0) is 9.53 Å². The lowest BCUT2D eigenvalue weighted by molar-refractivity contribution is -0.124. The average Bonchev–Trinajstić information content (AvgIpc) is 2.53. The molecule has 0 heterocycles. The van der Waals surface area contributed by atoms with Crippen LogP contribution in [0.25, 0.3) is 0 Å². The molecule has 4 nitrogen and oxygen atoms in total. The summed E-state index contributed by atoms with van der Waals surface area (Å²) in [5.41, 5.74) is -0.0183. The second-order valence-electron chi connectivity index (χ2n) is 5.01. The van der Waals surface area contributed by atoms with Gasteiger partial charge in [-0.1, -0.05) is 29.8 Å². The third-order valence-electron chi connectivity index (χ3n) is 3.25. The van der Waals surface area contributed by atoms with E-state index in [0.717, 1.165) is 23.8 Å². The van der Waals surface area contributed by atoms with Crippen molar-refractivity contribution in [2.75, 3.05) is 6.61 Å². The van der Waals surface area contributed by atoms with Gasteiger partial charge in [-0.2, -0.15) is 0 Å². The predicted molar refractivity (Wildman–Crippen MR) is 84.7 cm³/mol. The molecule has 7 heteroatoms. The fourth-order valence-corrected chi connectivity index (χ4v) is 2.14. The number of amides is 1. The van der Waals surface area contributed by atoms with Crippen LogP contribution in [0.15, 0.2) is 42.5 Å². The van der Waals surface area contributed by atoms with E-state index in [1.54, 1.807) is 31.2 Å². The van der Waals surface area contributed by atoms with E-state index in [0.29, 0.717) is 5.02 Å². The van der Waals surface area contributed by atoms with Crippen LogP contribution < -0.4 is 5.32 Å². The molecule has 1 N–H and O–H groups in total. The minimum absolute atomic E-state index is 0.348. The molecule has 0 saturated heterocycles. The SMILES string of the molecule is C[C@@H](NC(=O)COC(=O)c1c(F)cccc1F)c1ccc(Cl)cc1. The Morgan fingerprint density at radius 1 is 1.12 bits per heavy atom. The van der Waals surface area contributed by atoms with E-state index in [1.807, 2.05) is 0 Å². The molecule has 24 heavy (non-hydrogen) atoms. The predicted octanol–water partition coefficient (Wildman–Crippen LogP) is 3.65. The smallest absolute Gasteiger partial charge is 0.344 e. The summed E-state index contributed by atoms with van der Waals surface area (Å²) in [6, 6.07) is 9.49. The van der Waals surface area contributed by atoms with E-state index in [-0.39, 0.29) is 6.04 Å². The first-order valence-corrected chi connectivity index (χ1v) is 7.42. The van der Waals surface area contributed by atoms with Gasteiger partial charge in [0.1, 0.15) is 17.2 Å². The highest BCUT2D eigenvalue weighted by atomic mass is 35.5. The zero-order chi connectivity index (χ0) is 17.7. The van der Waals surface area contributed by atoms with Gasteiger partial charge in [-0.25, -0.2) is 13.6 Å². The van der Waals surface area contributed by atoms with Crippen LogP contribution in [0.1, 0.15) is 28.9 Å². The van der Waals surface area contributed by atoms with Gasteiger partial charge in [-0.05, 0) is 36.8 Å². The molecule has 0 aliphatic heterocycles. The van der Waals surface area contributed by atoms with Gasteiger partial charge in [-0.3, -0.25) is 4.79 Å². The van der Waals surface area contributed by atoms with Crippen molar-refractivity contribution in [2.24, 2.45) is 0 Å². The van der Waals surface area contributed by atoms with Gasteiger partial charge >= 0.3 is 5.97 Å². The molecular formula is C17H14ClF2NO3. The van der Waals surface area contributed by atoms with Crippen LogP contribution in [0.5, 0.6) is 0 Å². The van der Waals surface area contributed by atoms with Crippen molar-refractivity contribution < 1.29 is 23.1 Å². The number of rotatable bonds is 5. The highest BCUT2D eigenvalue weighted by Gasteiger charge is 2.20. The first-order chi connectivity index (χ1) is 11.4. The van der Waals surface area contributed by atoms with Crippen molar-refractivity contribution in [2.45, 2.75) is 13.0 Å². The van der Waals surface area contributed by atoms with E-state index >= 15 is 0 Å². The Labute approximate surface area is 142 Å². The lowest BCUT2D eigenvalue weighted by atomic mass is 10.1. The van der Waals surface area contributed by atoms with E-state index in [4.69, 9.17) is 11.6 Å². The Balaban J connectivity index is 1.91. The number of nitrogens with one attached hydrogen (secondary N) is 1. The molecule has 0 saturated carbocycles. The number of hydrogen-bond donors (Lipinski definition) is 1. The van der Waals surface area contributed by atoms with Crippen molar-refractivity contribution in [1.29, 1.82) is 0 Å². The molecule has 0 unspecified atom stereocenters. The van der Waals surface area contributed by atoms with Crippen molar-refractivity contribution in [3.05, 3.63) is 70.2 Å². The van der Waals surface area contributed by atoms with Crippen molar-refractivity contribution in [1.82, 2.24) is 5.32 Å². The molecule has 2 aromatic carbocycles. The van der Waals surface area contributed by atoms with Crippen molar-refractivity contribution in [3.8, 4) is 0 Å². The zero-order valence-electron chi connectivity index (χ0n) is 12.7. The highest BCUT2D eigenvalue weighted by Crippen LogP contribution is 2.16. The summed E-state index contributed by atoms with van der Waals surface area (Å²) < 4.78 is 31.5. The van der Waals surface area contributed by atoms with Gasteiger partial charge in [0.05, 0.1) is 6.04 Å². The standard InChI is InChI=1S/C17H14ClF2NO3/c1-10(11-5-7-12(18)8-6-11)21-15(22)9-24-17(23)16-13(19)3-2-4-14(16)20/h2-8,10H,9H2,1H3,(H,21,22)/t10-/m1/s1. The topological polar surface area (TPSA) is 55.4 Å². The number of hydrogen-bond acceptors (Lipinski definition) is 3. The number of ether oxygens (including phenoxy) is 1. The summed E-state index contributed by atoms with van der Waals surface area (Å²) in [7, 11) is 0. The summed E-state index contributed by atoms with van der Waals surface area (Å²) in [6.07, 6.45) is 0. The fraction of sp³-hybridized carbons (Fsp3) is 0.176. The van der Waals surface area contributed by atoms with Crippen LogP contribution in [0.3, 0.4) is 0 Å². The Bertz CT molecular complexity index is 730. The Kier molecular flexibility index (Phi) is 5.87. The first-order valence-electron chi connectivity index (χ1n) is 7.04. The van der Waals surface area contributed by atoms with Crippen LogP contribution in [0.4, 0.5) is 8.78 Å². The summed E-state index contributed by atoms with van der Waals surface area (Å²) in [5.74, 6) is -3.92. The van der Waals surface area contributed by atoms with Crippen LogP contribution in [0.2, 0.25) is 5.02 Å². The monoisotopic (exact) mass is 353 g/mol. The molecule has 0 radical (unpaired) electrons. The van der Waals surface area contributed by atoms with E-state index < -0.39 is 35.7 Å². The van der Waals surface area contributed by atoms with Crippen molar-refractivity contribution in [3.63, 3.8) is 0 Å². The number of carbonyl (C=O) groups is 2. The molecule has 0 bridgehead atoms. The van der Waals surface area contributed by atoms with E-state index in [2.05, 4.69) is 10.1 Å². The third kappa shape index (κ3) is 4.52. The van der Waals surface area contributed by atoms with E-state index in [1.165, 1.54) is 0 Å². The summed E-state index contributed by atoms with van der Waals surface area (Å²) in [4.78, 5) is 23.5. The summed E-state index contributed by atoms with van der Waals surface area (Å²) >= 11 is 5.78. The molecule has 0 fully saturated rings. The molecular weight excluding hydrogens is 340 g/mol. The largest absolute Gasteiger partial charge is 0.452 e. The van der Waals surface area contributed by atoms with Crippen LogP contribution >= 0.6 is 11.6 Å². The Morgan fingerprint density at radius 2 is 1.71 bits per heavy atom. The van der Waals surface area contributed by atoms with Crippen LogP contribution in [0, 0.1) is 11.6 Å². The zero-order valence-corrected chi connectivity index (χ0v) is 13.4. The van der Waals surface area contributed by atoms with Gasteiger partial charge in [0, 0.05) is 5.02 Å². The molecule has 0 aromatic heterocycles. The third-order valence-corrected chi connectivity index (χ3v) is 3.50. The lowest BCUT2D eigenvalue weighted by Crippen LogP contribution is -2.31. The normalized spacial score (nSPS) is 11.7. The van der Waals surface area contributed by atoms with Crippen LogP contribution in [-0.4, -0.2) is 18.5 Å². The maximum absolute atomic E-state index is 13.4. The minimum atomic E-state index is -1.24. The molecule has 126 valence electrons.